The lowest BCUT2D eigenvalue weighted by Gasteiger charge is -2.07. The van der Waals surface area contributed by atoms with Crippen LogP contribution in [0.15, 0.2) is 6.33 Å². The summed E-state index contributed by atoms with van der Waals surface area (Å²) in [6.45, 7) is 5.44. The van der Waals surface area contributed by atoms with Crippen LogP contribution in [-0.2, 0) is 0 Å². The molecule has 0 aromatic carbocycles. The van der Waals surface area contributed by atoms with E-state index in [0.717, 1.165) is 6.54 Å². The quantitative estimate of drug-likeness (QED) is 0.557. The largest absolute Gasteiger partial charge is 0.348 e. The highest BCUT2D eigenvalue weighted by Crippen LogP contribution is 1.83. The summed E-state index contributed by atoms with van der Waals surface area (Å²) in [6.07, 6.45) is 1.31. The Morgan fingerprint density at radius 3 is 2.93 bits per heavy atom. The van der Waals surface area contributed by atoms with Crippen molar-refractivity contribution in [3.8, 4) is 0 Å². The molecule has 0 unspecified atom stereocenters. The van der Waals surface area contributed by atoms with E-state index in [1.165, 1.54) is 6.33 Å². The lowest BCUT2D eigenvalue weighted by molar-refractivity contribution is 0.0943. The number of nitrogens with zero attached hydrogens (tertiary/aromatic N) is 2. The molecule has 1 aromatic heterocycles. The van der Waals surface area contributed by atoms with Gasteiger partial charge in [-0.05, 0) is 0 Å². The van der Waals surface area contributed by atoms with Gasteiger partial charge in [-0.15, -0.1) is 0 Å². The Kier molecular flexibility index (Phi) is 4.06. The number of carbonyl (C=O) groups excluding carboxylic acids is 1. The maximum absolute atomic E-state index is 11.3. The molecule has 0 atom stereocenters. The van der Waals surface area contributed by atoms with Crippen LogP contribution in [0.2, 0.25) is 0 Å². The van der Waals surface area contributed by atoms with Crippen LogP contribution >= 0.6 is 0 Å². The molecule has 0 spiro atoms. The van der Waals surface area contributed by atoms with E-state index in [4.69, 9.17) is 0 Å². The average molecular weight is 197 g/mol. The smallest absolute Gasteiger partial charge is 0.288 e. The molecule has 0 aliphatic heterocycles. The van der Waals surface area contributed by atoms with Gasteiger partial charge in [0.05, 0.1) is 0 Å². The van der Waals surface area contributed by atoms with Crippen molar-refractivity contribution in [2.75, 3.05) is 13.1 Å². The van der Waals surface area contributed by atoms with E-state index in [1.54, 1.807) is 0 Å². The van der Waals surface area contributed by atoms with Crippen LogP contribution in [0.4, 0.5) is 0 Å². The van der Waals surface area contributed by atoms with Crippen LogP contribution in [0.3, 0.4) is 0 Å². The number of amides is 1. The molecule has 6 nitrogen and oxygen atoms in total. The van der Waals surface area contributed by atoms with E-state index < -0.39 is 0 Å². The zero-order valence-corrected chi connectivity index (χ0v) is 8.37. The average Bonchev–Trinajstić information content (AvgIpc) is 2.64. The number of hydrogen-bond donors (Lipinski definition) is 3. The van der Waals surface area contributed by atoms with Crippen molar-refractivity contribution in [1.29, 1.82) is 0 Å². The molecule has 78 valence electrons. The van der Waals surface area contributed by atoms with E-state index in [2.05, 4.69) is 39.7 Å². The van der Waals surface area contributed by atoms with Gasteiger partial charge in [0.2, 0.25) is 5.82 Å². The van der Waals surface area contributed by atoms with Crippen molar-refractivity contribution in [1.82, 2.24) is 25.8 Å². The van der Waals surface area contributed by atoms with E-state index in [-0.39, 0.29) is 11.7 Å². The number of carbonyl (C=O) groups is 1. The highest BCUT2D eigenvalue weighted by atomic mass is 16.2. The van der Waals surface area contributed by atoms with Crippen molar-refractivity contribution in [2.45, 2.75) is 19.9 Å². The maximum atomic E-state index is 11.3. The Balaban J connectivity index is 2.16. The first-order chi connectivity index (χ1) is 6.70. The van der Waals surface area contributed by atoms with Crippen LogP contribution in [0.1, 0.15) is 24.5 Å². The molecule has 0 saturated heterocycles. The van der Waals surface area contributed by atoms with Gasteiger partial charge >= 0.3 is 0 Å². The van der Waals surface area contributed by atoms with E-state index in [0.29, 0.717) is 12.6 Å². The maximum Gasteiger partial charge on any atom is 0.288 e. The Morgan fingerprint density at radius 2 is 2.36 bits per heavy atom. The second-order valence-corrected chi connectivity index (χ2v) is 3.20. The predicted octanol–water partition coefficient (Wildman–Crippen LogP) is -0.467. The third kappa shape index (κ3) is 3.53. The van der Waals surface area contributed by atoms with Crippen molar-refractivity contribution < 1.29 is 4.79 Å². The molecule has 3 N–H and O–H groups in total. The molecule has 0 radical (unpaired) electrons. The molecule has 1 rings (SSSR count). The van der Waals surface area contributed by atoms with Crippen LogP contribution in [0, 0.1) is 0 Å². The highest BCUT2D eigenvalue weighted by Gasteiger charge is 2.06. The summed E-state index contributed by atoms with van der Waals surface area (Å²) < 4.78 is 0. The minimum Gasteiger partial charge on any atom is -0.348 e. The summed E-state index contributed by atoms with van der Waals surface area (Å²) in [5, 5.41) is 12.0. The molecule has 0 bridgehead atoms. The van der Waals surface area contributed by atoms with Gasteiger partial charge in [-0.3, -0.25) is 9.89 Å². The summed E-state index contributed by atoms with van der Waals surface area (Å²) in [5.74, 6) is 0.0163. The van der Waals surface area contributed by atoms with E-state index >= 15 is 0 Å². The van der Waals surface area contributed by atoms with Crippen LogP contribution in [-0.4, -0.2) is 40.2 Å². The normalized spacial score (nSPS) is 10.5. The zero-order chi connectivity index (χ0) is 10.4. The summed E-state index contributed by atoms with van der Waals surface area (Å²) >= 11 is 0. The Bertz CT molecular complexity index is 269. The highest BCUT2D eigenvalue weighted by molar-refractivity contribution is 5.90. The van der Waals surface area contributed by atoms with Gasteiger partial charge in [-0.1, -0.05) is 13.8 Å². The fourth-order valence-corrected chi connectivity index (χ4v) is 0.935. The molecule has 1 amide bonds. The van der Waals surface area contributed by atoms with Gasteiger partial charge < -0.3 is 10.6 Å². The molecular formula is C8H15N5O. The van der Waals surface area contributed by atoms with Crippen LogP contribution in [0.25, 0.3) is 0 Å². The number of hydrogen-bond acceptors (Lipinski definition) is 4. The molecule has 0 aliphatic carbocycles. The van der Waals surface area contributed by atoms with Gasteiger partial charge in [-0.25, -0.2) is 4.98 Å². The fourth-order valence-electron chi connectivity index (χ4n) is 0.935. The van der Waals surface area contributed by atoms with Gasteiger partial charge in [0.1, 0.15) is 6.33 Å². The third-order valence-corrected chi connectivity index (χ3v) is 1.59. The molecule has 0 aliphatic rings. The lowest BCUT2D eigenvalue weighted by atomic mass is 10.4. The standard InChI is InChI=1S/C8H15N5O/c1-6(2)9-3-4-10-8(14)7-11-5-12-13-7/h5-6,9H,3-4H2,1-2H3,(H,10,14)(H,11,12,13). The summed E-state index contributed by atoms with van der Waals surface area (Å²) in [6, 6.07) is 0.428. The predicted molar refractivity (Wildman–Crippen MR) is 51.9 cm³/mol. The minimum absolute atomic E-state index is 0.229. The SMILES string of the molecule is CC(C)NCCNC(=O)c1ncn[nH]1. The van der Waals surface area contributed by atoms with Gasteiger partial charge in [0, 0.05) is 19.1 Å². The Labute approximate surface area is 82.5 Å². The van der Waals surface area contributed by atoms with E-state index in [9.17, 15) is 4.79 Å². The molecule has 6 heteroatoms. The summed E-state index contributed by atoms with van der Waals surface area (Å²) in [5.41, 5.74) is 0. The minimum atomic E-state index is -0.229. The van der Waals surface area contributed by atoms with Crippen LogP contribution < -0.4 is 10.6 Å². The summed E-state index contributed by atoms with van der Waals surface area (Å²) in [7, 11) is 0. The topological polar surface area (TPSA) is 82.7 Å². The number of H-pyrrole nitrogens is 1. The van der Waals surface area contributed by atoms with Crippen LogP contribution in [0.5, 0.6) is 0 Å². The number of aromatic nitrogens is 3. The molecular weight excluding hydrogens is 182 g/mol. The summed E-state index contributed by atoms with van der Waals surface area (Å²) in [4.78, 5) is 15.0. The molecule has 1 heterocycles. The first kappa shape index (κ1) is 10.6. The third-order valence-electron chi connectivity index (χ3n) is 1.59. The number of aromatic amines is 1. The first-order valence-electron chi connectivity index (χ1n) is 4.57. The Morgan fingerprint density at radius 1 is 1.57 bits per heavy atom. The first-order valence-corrected chi connectivity index (χ1v) is 4.57. The lowest BCUT2D eigenvalue weighted by Crippen LogP contribution is -2.35. The van der Waals surface area contributed by atoms with Crippen molar-refractivity contribution in [3.05, 3.63) is 12.2 Å². The van der Waals surface area contributed by atoms with Crippen molar-refractivity contribution in [3.63, 3.8) is 0 Å². The zero-order valence-electron chi connectivity index (χ0n) is 8.37. The number of rotatable bonds is 5. The second-order valence-electron chi connectivity index (χ2n) is 3.20. The fraction of sp³-hybridized carbons (Fsp3) is 0.625. The van der Waals surface area contributed by atoms with Crippen molar-refractivity contribution >= 4 is 5.91 Å². The van der Waals surface area contributed by atoms with Gasteiger partial charge in [-0.2, -0.15) is 5.10 Å². The molecule has 0 fully saturated rings. The molecule has 0 saturated carbocycles. The second kappa shape index (κ2) is 5.33. The van der Waals surface area contributed by atoms with Gasteiger partial charge in [0.15, 0.2) is 0 Å². The molecule has 14 heavy (non-hydrogen) atoms. The Hall–Kier alpha value is -1.43. The van der Waals surface area contributed by atoms with E-state index in [1.807, 2.05) is 0 Å². The monoisotopic (exact) mass is 197 g/mol. The molecule has 1 aromatic rings. The number of nitrogens with one attached hydrogen (secondary N) is 3. The van der Waals surface area contributed by atoms with Gasteiger partial charge in [0.25, 0.3) is 5.91 Å². The van der Waals surface area contributed by atoms with Crippen molar-refractivity contribution in [2.24, 2.45) is 0 Å².